The molecule has 0 spiro atoms. The van der Waals surface area contributed by atoms with E-state index in [0.717, 1.165) is 22.5 Å². The Morgan fingerprint density at radius 3 is 1.59 bits per heavy atom. The summed E-state index contributed by atoms with van der Waals surface area (Å²) in [4.78, 5) is 13.3. The first-order valence-electron chi connectivity index (χ1n) is 17.5. The predicted octanol–water partition coefficient (Wildman–Crippen LogP) is 6.83. The van der Waals surface area contributed by atoms with Crippen LogP contribution in [0.2, 0.25) is 6.82 Å². The van der Waals surface area contributed by atoms with E-state index in [1.54, 1.807) is 76.8 Å². The third-order valence-electron chi connectivity index (χ3n) is 8.66. The van der Waals surface area contributed by atoms with E-state index in [1.165, 1.54) is 44.2 Å². The second-order valence-corrected chi connectivity index (χ2v) is 13.8. The summed E-state index contributed by atoms with van der Waals surface area (Å²) >= 11 is 3.10. The monoisotopic (exact) mass is 834 g/mol. The summed E-state index contributed by atoms with van der Waals surface area (Å²) in [5.41, 5.74) is 14.4. The van der Waals surface area contributed by atoms with Gasteiger partial charge in [0.05, 0.1) is 47.4 Å². The lowest BCUT2D eigenvalue weighted by atomic mass is 9.85. The molecule has 1 saturated heterocycles. The molecule has 293 valence electrons. The van der Waals surface area contributed by atoms with E-state index in [1.807, 2.05) is 53.9 Å². The maximum Gasteiger partial charge on any atom is 0.514 e. The van der Waals surface area contributed by atoms with Crippen molar-refractivity contribution in [3.05, 3.63) is 113 Å². The van der Waals surface area contributed by atoms with E-state index in [4.69, 9.17) is 22.1 Å². The molecule has 0 aliphatic carbocycles. The SMILES string of the molecule is Cn1nccc1-c1ccc(N)c(F)c1.Cn1nccc1-c1ccc(N=C=O)c(F)c1.Cn1nccc1B1OC(C)(C)C(C)(C)O1.Nc1ccc(Br)cc1F.[3H][B]C. The topological polar surface area (TPSA) is 153 Å². The predicted molar refractivity (Wildman–Crippen MR) is 220 cm³/mol. The lowest BCUT2D eigenvalue weighted by molar-refractivity contribution is 0.00578. The first-order valence-corrected chi connectivity index (χ1v) is 17.7. The number of isocyanates is 1. The zero-order valence-corrected chi connectivity index (χ0v) is 33.9. The van der Waals surface area contributed by atoms with Crippen molar-refractivity contribution in [1.82, 2.24) is 29.3 Å². The molecule has 4 N–H and O–H groups in total. The van der Waals surface area contributed by atoms with E-state index >= 15 is 0 Å². The summed E-state index contributed by atoms with van der Waals surface area (Å²) in [6.07, 6.45) is 6.36. The second-order valence-electron chi connectivity index (χ2n) is 12.9. The largest absolute Gasteiger partial charge is 0.514 e. The number of anilines is 2. The third kappa shape index (κ3) is 11.6. The van der Waals surface area contributed by atoms with Crippen molar-refractivity contribution in [3.8, 4) is 22.5 Å². The van der Waals surface area contributed by atoms with Gasteiger partial charge in [0.2, 0.25) is 6.08 Å². The highest BCUT2D eigenvalue weighted by molar-refractivity contribution is 9.10. The van der Waals surface area contributed by atoms with Gasteiger partial charge in [-0.15, -0.1) is 0 Å². The van der Waals surface area contributed by atoms with Crippen molar-refractivity contribution in [1.29, 1.82) is 1.34 Å². The molecule has 18 heteroatoms. The average Bonchev–Trinajstić information content (AvgIpc) is 3.93. The van der Waals surface area contributed by atoms with Gasteiger partial charge >= 0.3 is 7.12 Å². The van der Waals surface area contributed by atoms with Crippen LogP contribution in [0.25, 0.3) is 22.5 Å². The Morgan fingerprint density at radius 2 is 1.20 bits per heavy atom. The van der Waals surface area contributed by atoms with Crippen LogP contribution in [-0.2, 0) is 35.2 Å². The van der Waals surface area contributed by atoms with Crippen molar-refractivity contribution >= 4 is 59.6 Å². The van der Waals surface area contributed by atoms with Gasteiger partial charge in [0.1, 0.15) is 23.1 Å². The van der Waals surface area contributed by atoms with E-state index < -0.39 is 11.6 Å². The number of hydrogen-bond donors (Lipinski definition) is 2. The molecule has 12 nitrogen and oxygen atoms in total. The van der Waals surface area contributed by atoms with Crippen LogP contribution >= 0.6 is 15.9 Å². The molecule has 0 saturated carbocycles. The molecule has 1 fully saturated rings. The van der Waals surface area contributed by atoms with Crippen molar-refractivity contribution in [2.24, 2.45) is 26.1 Å². The average molecular weight is 835 g/mol. The normalized spacial score (nSPS) is 13.5. The van der Waals surface area contributed by atoms with Crippen LogP contribution in [0.5, 0.6) is 0 Å². The molecule has 7 rings (SSSR count). The fourth-order valence-corrected chi connectivity index (χ4v) is 5.22. The Labute approximate surface area is 335 Å². The van der Waals surface area contributed by atoms with Crippen LogP contribution in [0, 0.1) is 17.5 Å². The summed E-state index contributed by atoms with van der Waals surface area (Å²) < 4.78 is 62.7. The number of rotatable bonds is 4. The quantitative estimate of drug-likeness (QED) is 0.0849. The van der Waals surface area contributed by atoms with Crippen molar-refractivity contribution in [2.45, 2.75) is 45.7 Å². The van der Waals surface area contributed by atoms with Crippen LogP contribution in [-0.4, -0.2) is 62.9 Å². The smallest absolute Gasteiger partial charge is 0.398 e. The molecule has 1 aliphatic heterocycles. The van der Waals surface area contributed by atoms with Gasteiger partial charge in [0, 0.05) is 55.3 Å². The summed E-state index contributed by atoms with van der Waals surface area (Å²) in [5.74, 6) is -1.34. The van der Waals surface area contributed by atoms with Crippen LogP contribution in [0.4, 0.5) is 30.2 Å². The highest BCUT2D eigenvalue weighted by atomic mass is 79.9. The molecule has 0 atom stereocenters. The molecule has 1 radical (unpaired) electrons. The van der Waals surface area contributed by atoms with E-state index in [2.05, 4.69) is 36.2 Å². The van der Waals surface area contributed by atoms with Crippen molar-refractivity contribution in [2.75, 3.05) is 11.5 Å². The summed E-state index contributed by atoms with van der Waals surface area (Å²) in [7, 11) is 6.40. The van der Waals surface area contributed by atoms with Gasteiger partial charge in [0.15, 0.2) is 0 Å². The van der Waals surface area contributed by atoms with Gasteiger partial charge in [-0.2, -0.15) is 20.3 Å². The Bertz CT molecular complexity index is 2260. The highest BCUT2D eigenvalue weighted by Gasteiger charge is 2.52. The molecular formula is C38H44B2BrF3N9O3. The van der Waals surface area contributed by atoms with E-state index in [0.29, 0.717) is 10.0 Å². The number of halogens is 4. The zero-order chi connectivity index (χ0) is 42.5. The number of aliphatic imine (C=N–C) groups is 1. The maximum atomic E-state index is 13.5. The first kappa shape index (κ1) is 43.3. The molecule has 1 aliphatic rings. The van der Waals surface area contributed by atoms with E-state index in [-0.39, 0.29) is 41.2 Å². The highest BCUT2D eigenvalue weighted by Crippen LogP contribution is 2.36. The van der Waals surface area contributed by atoms with Gasteiger partial charge in [-0.3, -0.25) is 14.0 Å². The Morgan fingerprint density at radius 1 is 0.750 bits per heavy atom. The molecule has 3 aromatic heterocycles. The lowest BCUT2D eigenvalue weighted by Gasteiger charge is -2.32. The minimum atomic E-state index is -0.554. The van der Waals surface area contributed by atoms with Gasteiger partial charge in [-0.1, -0.05) is 34.9 Å². The number of nitrogen functional groups attached to an aromatic ring is 2. The van der Waals surface area contributed by atoms with Crippen LogP contribution < -0.4 is 17.1 Å². The van der Waals surface area contributed by atoms with Gasteiger partial charge in [-0.25, -0.2) is 18.0 Å². The Kier molecular flexibility index (Phi) is 15.4. The molecule has 4 heterocycles. The van der Waals surface area contributed by atoms with Gasteiger partial charge < -0.3 is 20.8 Å². The number of hydrogen-bond acceptors (Lipinski definition) is 9. The van der Waals surface area contributed by atoms with Crippen LogP contribution in [0.3, 0.4) is 0 Å². The number of nitrogens with two attached hydrogens (primary N) is 2. The molecule has 3 aromatic carbocycles. The minimum Gasteiger partial charge on any atom is -0.398 e. The molecular weight excluding hydrogens is 789 g/mol. The summed E-state index contributed by atoms with van der Waals surface area (Å²) in [6, 6.07) is 19.2. The first-order chi connectivity index (χ1) is 26.8. The second kappa shape index (κ2) is 20.0. The molecule has 0 bridgehead atoms. The number of aromatic nitrogens is 6. The van der Waals surface area contributed by atoms with Crippen LogP contribution in [0.15, 0.2) is 101 Å². The van der Waals surface area contributed by atoms with Crippen molar-refractivity contribution in [3.63, 3.8) is 0 Å². The third-order valence-corrected chi connectivity index (χ3v) is 9.16. The van der Waals surface area contributed by atoms with Gasteiger partial charge in [0.25, 0.3) is 0 Å². The standard InChI is InChI=1S/C11H8FN3O.C10H17BN2O2.C10H10FN3.C6H5BrFN.CH4B/c1-15-11(4-5-14-15)8-2-3-10(13-7-16)9(12)6-8;1-9(2)10(3,4)15-11(14-9)8-6-7-12-13(8)5;1-14-10(4-5-13-14)7-2-3-9(12)8(11)6-7;7-4-1-2-6(9)5(8)3-4;1-2/h2-6H,1H3;6-7H,1-5H3;2-6H,12H2,1H3;1-3H,9H2;2H,1H3/i;;;;2T. The minimum absolute atomic E-state index is 0.0130. The van der Waals surface area contributed by atoms with Crippen LogP contribution in [0.1, 0.15) is 27.7 Å². The Hall–Kier alpha value is -5.41. The van der Waals surface area contributed by atoms with Crippen molar-refractivity contribution < 1.29 is 27.3 Å². The number of nitrogens with zero attached hydrogens (tertiary/aromatic N) is 7. The Balaban J connectivity index is 0.000000202. The zero-order valence-electron chi connectivity index (χ0n) is 33.3. The number of benzene rings is 3. The molecule has 56 heavy (non-hydrogen) atoms. The lowest BCUT2D eigenvalue weighted by Crippen LogP contribution is -2.41. The summed E-state index contributed by atoms with van der Waals surface area (Å²) in [6.45, 7) is 9.85. The molecule has 0 unspecified atom stereocenters. The maximum absolute atomic E-state index is 13.5. The number of aryl methyl sites for hydroxylation is 3. The molecule has 6 aromatic rings. The fourth-order valence-electron chi connectivity index (χ4n) is 4.89. The van der Waals surface area contributed by atoms with Gasteiger partial charge in [-0.05, 0) is 89.7 Å². The number of carbonyl (C=O) groups excluding carboxylic acids is 1. The fraction of sp³-hybridized carbons (Fsp3) is 0.263. The van der Waals surface area contributed by atoms with E-state index in [9.17, 15) is 18.0 Å². The summed E-state index contributed by atoms with van der Waals surface area (Å²) in [5, 5.41) is 12.1. The molecule has 0 amide bonds.